The van der Waals surface area contributed by atoms with Crippen LogP contribution in [0.5, 0.6) is 0 Å². The van der Waals surface area contributed by atoms with E-state index in [1.54, 1.807) is 0 Å². The van der Waals surface area contributed by atoms with Crippen molar-refractivity contribution < 1.29 is 13.2 Å². The molecule has 22 heavy (non-hydrogen) atoms. The Hall–Kier alpha value is -0.490. The van der Waals surface area contributed by atoms with Gasteiger partial charge in [-0.05, 0) is 30.5 Å². The first-order chi connectivity index (χ1) is 9.37. The Morgan fingerprint density at radius 3 is 2.18 bits per heavy atom. The number of halogens is 5. The summed E-state index contributed by atoms with van der Waals surface area (Å²) in [5.74, 6) is 0. The number of rotatable bonds is 3. The number of alkyl halides is 3. The van der Waals surface area contributed by atoms with Gasteiger partial charge in [0.15, 0.2) is 0 Å². The molecule has 128 valence electrons. The zero-order chi connectivity index (χ0) is 14.8. The summed E-state index contributed by atoms with van der Waals surface area (Å²) in [7, 11) is 0. The zero-order valence-electron chi connectivity index (χ0n) is 12.7. The van der Waals surface area contributed by atoms with Crippen LogP contribution < -0.4 is 5.32 Å². The van der Waals surface area contributed by atoms with Gasteiger partial charge in [-0.25, -0.2) is 0 Å². The topological polar surface area (TPSA) is 15.3 Å². The van der Waals surface area contributed by atoms with Crippen molar-refractivity contribution in [3.05, 3.63) is 34.9 Å². The van der Waals surface area contributed by atoms with Gasteiger partial charge in [0, 0.05) is 32.2 Å². The van der Waals surface area contributed by atoms with Gasteiger partial charge < -0.3 is 5.32 Å². The van der Waals surface area contributed by atoms with E-state index in [2.05, 4.69) is 5.32 Å². The van der Waals surface area contributed by atoms with E-state index in [9.17, 15) is 13.2 Å². The molecule has 0 amide bonds. The largest absolute Gasteiger partial charge is 0.390 e. The van der Waals surface area contributed by atoms with Crippen LogP contribution in [0.1, 0.15) is 29.2 Å². The Morgan fingerprint density at radius 1 is 1.09 bits per heavy atom. The van der Waals surface area contributed by atoms with Crippen molar-refractivity contribution in [3.8, 4) is 0 Å². The highest BCUT2D eigenvalue weighted by Gasteiger charge is 2.35. The minimum Gasteiger partial charge on any atom is -0.314 e. The van der Waals surface area contributed by atoms with Crippen molar-refractivity contribution in [2.45, 2.75) is 32.5 Å². The van der Waals surface area contributed by atoms with E-state index in [0.717, 1.165) is 29.8 Å². The molecule has 1 N–H and O–H groups in total. The second-order valence-electron chi connectivity index (χ2n) is 5.46. The number of hydrogen-bond donors (Lipinski definition) is 1. The quantitative estimate of drug-likeness (QED) is 0.876. The summed E-state index contributed by atoms with van der Waals surface area (Å²) in [5, 5.41) is 3.18. The van der Waals surface area contributed by atoms with E-state index in [-0.39, 0.29) is 24.8 Å². The highest BCUT2D eigenvalue weighted by Crippen LogP contribution is 2.34. The van der Waals surface area contributed by atoms with E-state index in [1.165, 1.54) is 0 Å². The second kappa shape index (κ2) is 8.96. The molecule has 0 aliphatic carbocycles. The molecule has 1 aliphatic heterocycles. The number of piperazine rings is 1. The summed E-state index contributed by atoms with van der Waals surface area (Å²) in [6.45, 7) is 6.74. The molecule has 0 aromatic heterocycles. The lowest BCUT2D eigenvalue weighted by Crippen LogP contribution is -2.46. The molecule has 1 heterocycles. The fourth-order valence-corrected chi connectivity index (χ4v) is 2.64. The normalized spacial score (nSPS) is 17.3. The van der Waals surface area contributed by atoms with Crippen molar-refractivity contribution in [1.82, 2.24) is 10.2 Å². The first-order valence-corrected chi connectivity index (χ1v) is 6.95. The molecule has 0 saturated carbocycles. The summed E-state index contributed by atoms with van der Waals surface area (Å²) < 4.78 is 38.7. The van der Waals surface area contributed by atoms with Crippen molar-refractivity contribution in [1.29, 1.82) is 0 Å². The number of nitrogens with one attached hydrogen (secondary N) is 1. The van der Waals surface area contributed by atoms with Gasteiger partial charge in [0.05, 0.1) is 6.42 Å². The molecule has 0 unspecified atom stereocenters. The number of benzene rings is 1. The molecule has 1 atom stereocenters. The molecule has 1 aromatic carbocycles. The standard InChI is InChI=1S/C15H21F3N2.2ClH/c1-11-3-4-13(9-12(11)2)14(10-15(16,17)18)20-7-5-19-6-8-20;;/h3-4,9,14,19H,5-8,10H2,1-2H3;2*1H/t14-;;/m0../s1. The number of nitrogens with zero attached hydrogens (tertiary/aromatic N) is 1. The van der Waals surface area contributed by atoms with Crippen LogP contribution in [0, 0.1) is 13.8 Å². The van der Waals surface area contributed by atoms with Crippen LogP contribution in [0.4, 0.5) is 13.2 Å². The van der Waals surface area contributed by atoms with Crippen molar-refractivity contribution in [2.24, 2.45) is 0 Å². The van der Waals surface area contributed by atoms with Gasteiger partial charge in [-0.2, -0.15) is 13.2 Å². The summed E-state index contributed by atoms with van der Waals surface area (Å²) >= 11 is 0. The van der Waals surface area contributed by atoms with Gasteiger partial charge in [-0.1, -0.05) is 18.2 Å². The van der Waals surface area contributed by atoms with Crippen LogP contribution in [0.2, 0.25) is 0 Å². The van der Waals surface area contributed by atoms with E-state index < -0.39 is 18.6 Å². The molecule has 2 rings (SSSR count). The van der Waals surface area contributed by atoms with Crippen molar-refractivity contribution in [3.63, 3.8) is 0 Å². The molecule has 1 saturated heterocycles. The van der Waals surface area contributed by atoms with Gasteiger partial charge in [0.25, 0.3) is 0 Å². The third-order valence-electron chi connectivity index (χ3n) is 3.93. The Bertz CT molecular complexity index is 461. The van der Waals surface area contributed by atoms with E-state index in [4.69, 9.17) is 0 Å². The van der Waals surface area contributed by atoms with Crippen LogP contribution in [-0.2, 0) is 0 Å². The summed E-state index contributed by atoms with van der Waals surface area (Å²) in [6, 6.07) is 5.07. The summed E-state index contributed by atoms with van der Waals surface area (Å²) in [4.78, 5) is 1.94. The molecule has 0 spiro atoms. The molecular formula is C15H23Cl2F3N2. The van der Waals surface area contributed by atoms with Crippen LogP contribution in [0.3, 0.4) is 0 Å². The third-order valence-corrected chi connectivity index (χ3v) is 3.93. The van der Waals surface area contributed by atoms with Gasteiger partial charge >= 0.3 is 6.18 Å². The minimum atomic E-state index is -4.14. The van der Waals surface area contributed by atoms with Crippen molar-refractivity contribution in [2.75, 3.05) is 26.2 Å². The molecule has 2 nitrogen and oxygen atoms in total. The smallest absolute Gasteiger partial charge is 0.314 e. The minimum absolute atomic E-state index is 0. The Kier molecular flexibility index (Phi) is 8.77. The maximum Gasteiger partial charge on any atom is 0.390 e. The molecule has 0 radical (unpaired) electrons. The van der Waals surface area contributed by atoms with Gasteiger partial charge in [0.2, 0.25) is 0 Å². The third kappa shape index (κ3) is 5.95. The number of aryl methyl sites for hydroxylation is 2. The lowest BCUT2D eigenvalue weighted by molar-refractivity contribution is -0.148. The first-order valence-electron chi connectivity index (χ1n) is 6.95. The molecule has 1 aliphatic rings. The highest BCUT2D eigenvalue weighted by atomic mass is 35.5. The predicted molar refractivity (Wildman–Crippen MR) is 88.3 cm³/mol. The van der Waals surface area contributed by atoms with Crippen LogP contribution in [0.15, 0.2) is 18.2 Å². The van der Waals surface area contributed by atoms with Crippen LogP contribution in [0.25, 0.3) is 0 Å². The highest BCUT2D eigenvalue weighted by molar-refractivity contribution is 5.85. The maximum absolute atomic E-state index is 12.9. The zero-order valence-corrected chi connectivity index (χ0v) is 14.4. The lowest BCUT2D eigenvalue weighted by atomic mass is 9.97. The van der Waals surface area contributed by atoms with E-state index in [0.29, 0.717) is 13.1 Å². The van der Waals surface area contributed by atoms with Gasteiger partial charge in [-0.15, -0.1) is 24.8 Å². The fourth-order valence-electron chi connectivity index (χ4n) is 2.64. The lowest BCUT2D eigenvalue weighted by Gasteiger charge is -2.36. The average Bonchev–Trinajstić information content (AvgIpc) is 2.39. The summed E-state index contributed by atoms with van der Waals surface area (Å²) in [6.07, 6.45) is -4.93. The predicted octanol–water partition coefficient (Wildman–Crippen LogP) is 4.05. The van der Waals surface area contributed by atoms with E-state index in [1.807, 2.05) is 36.9 Å². The average molecular weight is 359 g/mol. The Labute approximate surface area is 142 Å². The summed E-state index contributed by atoms with van der Waals surface area (Å²) in [5.41, 5.74) is 2.93. The fraction of sp³-hybridized carbons (Fsp3) is 0.600. The van der Waals surface area contributed by atoms with Gasteiger partial charge in [-0.3, -0.25) is 4.90 Å². The van der Waals surface area contributed by atoms with Crippen LogP contribution >= 0.6 is 24.8 Å². The van der Waals surface area contributed by atoms with Crippen molar-refractivity contribution >= 4 is 24.8 Å². The first kappa shape index (κ1) is 21.5. The maximum atomic E-state index is 12.9. The van der Waals surface area contributed by atoms with E-state index >= 15 is 0 Å². The molecule has 0 bridgehead atoms. The number of hydrogen-bond acceptors (Lipinski definition) is 2. The second-order valence-corrected chi connectivity index (χ2v) is 5.46. The Balaban J connectivity index is 0.00000220. The SMILES string of the molecule is Cc1ccc([C@H](CC(F)(F)F)N2CCNCC2)cc1C.Cl.Cl. The van der Waals surface area contributed by atoms with Gasteiger partial charge in [0.1, 0.15) is 0 Å². The van der Waals surface area contributed by atoms with Crippen LogP contribution in [-0.4, -0.2) is 37.3 Å². The Morgan fingerprint density at radius 2 is 1.68 bits per heavy atom. The molecule has 1 fully saturated rings. The molecule has 7 heteroatoms. The molecular weight excluding hydrogens is 336 g/mol. The molecule has 1 aromatic rings. The monoisotopic (exact) mass is 358 g/mol.